The Balaban J connectivity index is 1.80. The highest BCUT2D eigenvalue weighted by Gasteiger charge is 2.23. The van der Waals surface area contributed by atoms with E-state index in [-0.39, 0.29) is 0 Å². The summed E-state index contributed by atoms with van der Waals surface area (Å²) < 4.78 is 14.1. The molecule has 2 aliphatic rings. The molecule has 0 saturated heterocycles. The number of hydrogen-bond donors (Lipinski definition) is 1. The number of halogens is 1. The Kier molecular flexibility index (Phi) is 5.31. The van der Waals surface area contributed by atoms with Crippen molar-refractivity contribution in [1.29, 1.82) is 0 Å². The fraction of sp³-hybridized carbons (Fsp3) is 0.316. The third-order valence-electron chi connectivity index (χ3n) is 4.26. The summed E-state index contributed by atoms with van der Waals surface area (Å²) in [7, 11) is 0. The van der Waals surface area contributed by atoms with Crippen LogP contribution in [-0.2, 0) is 0 Å². The smallest absolute Gasteiger partial charge is 0.175 e. The van der Waals surface area contributed by atoms with Crippen molar-refractivity contribution in [3.63, 3.8) is 0 Å². The average Bonchev–Trinajstić information content (AvgIpc) is 2.76. The number of alkyl halides is 1. The molecular weight excluding hydrogens is 303 g/mol. The van der Waals surface area contributed by atoms with Gasteiger partial charge in [-0.15, -0.1) is 0 Å². The van der Waals surface area contributed by atoms with Gasteiger partial charge in [-0.3, -0.25) is 4.99 Å². The Morgan fingerprint density at radius 2 is 2.04 bits per heavy atom. The molecule has 0 radical (unpaired) electrons. The van der Waals surface area contributed by atoms with Crippen molar-refractivity contribution in [2.45, 2.75) is 25.4 Å². The first-order valence-electron chi connectivity index (χ1n) is 8.21. The topological polar surface area (TPSA) is 64.2 Å². The van der Waals surface area contributed by atoms with Crippen molar-refractivity contribution < 1.29 is 4.39 Å². The molecule has 1 heterocycles. The summed E-state index contributed by atoms with van der Waals surface area (Å²) >= 11 is 0. The number of nitrogens with zero attached hydrogens (tertiary/aromatic N) is 3. The molecule has 1 unspecified atom stereocenters. The van der Waals surface area contributed by atoms with E-state index in [1.807, 2.05) is 18.2 Å². The first-order chi connectivity index (χ1) is 11.7. The van der Waals surface area contributed by atoms with Gasteiger partial charge in [-0.2, -0.15) is 0 Å². The SMILES string of the molecule is NC(=CC(=NCC1=CC=CC=CC1F)C1CCC1)c1ncccn1. The molecule has 0 aliphatic heterocycles. The number of aliphatic imine (C=N–C) groups is 1. The lowest BCUT2D eigenvalue weighted by Crippen LogP contribution is -2.22. The number of aromatic nitrogens is 2. The van der Waals surface area contributed by atoms with Crippen molar-refractivity contribution in [2.75, 3.05) is 6.54 Å². The van der Waals surface area contributed by atoms with E-state index in [2.05, 4.69) is 15.0 Å². The van der Waals surface area contributed by atoms with Crippen LogP contribution in [0.5, 0.6) is 0 Å². The van der Waals surface area contributed by atoms with Gasteiger partial charge in [0.15, 0.2) is 5.82 Å². The summed E-state index contributed by atoms with van der Waals surface area (Å²) in [6.45, 7) is 0.334. The van der Waals surface area contributed by atoms with Crippen LogP contribution in [0.1, 0.15) is 25.1 Å². The third-order valence-corrected chi connectivity index (χ3v) is 4.26. The maximum Gasteiger partial charge on any atom is 0.175 e. The lowest BCUT2D eigenvalue weighted by Gasteiger charge is -2.26. The minimum absolute atomic E-state index is 0.334. The molecule has 0 spiro atoms. The van der Waals surface area contributed by atoms with Gasteiger partial charge in [-0.05, 0) is 36.6 Å². The monoisotopic (exact) mass is 324 g/mol. The summed E-state index contributed by atoms with van der Waals surface area (Å²) in [6.07, 6.45) is 16.2. The molecule has 1 fully saturated rings. The Labute approximate surface area is 141 Å². The van der Waals surface area contributed by atoms with Crippen molar-refractivity contribution >= 4 is 11.4 Å². The van der Waals surface area contributed by atoms with Crippen molar-refractivity contribution in [3.8, 4) is 0 Å². The fourth-order valence-corrected chi connectivity index (χ4v) is 2.61. The van der Waals surface area contributed by atoms with E-state index in [9.17, 15) is 4.39 Å². The second kappa shape index (κ2) is 7.81. The second-order valence-electron chi connectivity index (χ2n) is 5.95. The summed E-state index contributed by atoms with van der Waals surface area (Å²) in [6, 6.07) is 1.75. The molecular formula is C19H21FN4. The van der Waals surface area contributed by atoms with Gasteiger partial charge in [-0.25, -0.2) is 14.4 Å². The van der Waals surface area contributed by atoms with Crippen molar-refractivity contribution in [3.05, 3.63) is 66.3 Å². The molecule has 1 saturated carbocycles. The van der Waals surface area contributed by atoms with Crippen LogP contribution in [0, 0.1) is 5.92 Å². The molecule has 2 N–H and O–H groups in total. The first-order valence-corrected chi connectivity index (χ1v) is 8.21. The number of rotatable bonds is 5. The van der Waals surface area contributed by atoms with Gasteiger partial charge in [0.1, 0.15) is 6.17 Å². The standard InChI is InChI=1S/C19H21FN4/c20-16-9-3-1-2-6-15(16)13-24-18(14-7-4-8-14)12-17(21)19-22-10-5-11-23-19/h1-3,5-6,9-12,14,16H,4,7-8,13,21H2. The van der Waals surface area contributed by atoms with E-state index >= 15 is 0 Å². The molecule has 5 heteroatoms. The van der Waals surface area contributed by atoms with Crippen LogP contribution >= 0.6 is 0 Å². The van der Waals surface area contributed by atoms with E-state index in [1.54, 1.807) is 30.6 Å². The van der Waals surface area contributed by atoms with Gasteiger partial charge >= 0.3 is 0 Å². The maximum absolute atomic E-state index is 14.1. The van der Waals surface area contributed by atoms with Crippen LogP contribution in [0.4, 0.5) is 4.39 Å². The number of nitrogens with two attached hydrogens (primary N) is 1. The largest absolute Gasteiger partial charge is 0.396 e. The van der Waals surface area contributed by atoms with Gasteiger partial charge in [0.25, 0.3) is 0 Å². The van der Waals surface area contributed by atoms with E-state index in [0.29, 0.717) is 29.6 Å². The molecule has 1 atom stereocenters. The van der Waals surface area contributed by atoms with Crippen molar-refractivity contribution in [2.24, 2.45) is 16.6 Å². The van der Waals surface area contributed by atoms with Crippen LogP contribution in [-0.4, -0.2) is 28.4 Å². The second-order valence-corrected chi connectivity index (χ2v) is 5.95. The van der Waals surface area contributed by atoms with Crippen molar-refractivity contribution in [1.82, 2.24) is 9.97 Å². The minimum Gasteiger partial charge on any atom is -0.396 e. The first kappa shape index (κ1) is 16.3. The van der Waals surface area contributed by atoms with Crippen LogP contribution in [0.2, 0.25) is 0 Å². The summed E-state index contributed by atoms with van der Waals surface area (Å²) in [5, 5.41) is 0. The van der Waals surface area contributed by atoms with E-state index in [1.165, 1.54) is 12.5 Å². The molecule has 1 aromatic rings. The van der Waals surface area contributed by atoms with Crippen LogP contribution in [0.15, 0.2) is 65.5 Å². The predicted octanol–water partition coefficient (Wildman–Crippen LogP) is 3.41. The molecule has 0 amide bonds. The average molecular weight is 324 g/mol. The summed E-state index contributed by atoms with van der Waals surface area (Å²) in [4.78, 5) is 13.0. The molecule has 2 aliphatic carbocycles. The molecule has 124 valence electrons. The third kappa shape index (κ3) is 4.04. The Hall–Kier alpha value is -2.56. The number of allylic oxidation sites excluding steroid dienone is 6. The molecule has 0 aromatic carbocycles. The highest BCUT2D eigenvalue weighted by molar-refractivity contribution is 6.02. The summed E-state index contributed by atoms with van der Waals surface area (Å²) in [5.74, 6) is 0.884. The van der Waals surface area contributed by atoms with E-state index in [4.69, 9.17) is 5.73 Å². The molecule has 4 nitrogen and oxygen atoms in total. The van der Waals surface area contributed by atoms with Gasteiger partial charge in [0.05, 0.1) is 12.2 Å². The van der Waals surface area contributed by atoms with Gasteiger partial charge in [-0.1, -0.05) is 30.7 Å². The Bertz CT molecular complexity index is 712. The highest BCUT2D eigenvalue weighted by Crippen LogP contribution is 2.29. The maximum atomic E-state index is 14.1. The molecule has 0 bridgehead atoms. The minimum atomic E-state index is -1.09. The molecule has 3 rings (SSSR count). The Morgan fingerprint density at radius 3 is 2.75 bits per heavy atom. The quantitative estimate of drug-likeness (QED) is 0.844. The Morgan fingerprint density at radius 1 is 1.25 bits per heavy atom. The lowest BCUT2D eigenvalue weighted by molar-refractivity contribution is 0.413. The van der Waals surface area contributed by atoms with Gasteiger partial charge in [0.2, 0.25) is 0 Å². The molecule has 24 heavy (non-hydrogen) atoms. The van der Waals surface area contributed by atoms with E-state index < -0.39 is 6.17 Å². The zero-order valence-corrected chi connectivity index (χ0v) is 13.5. The summed E-state index contributed by atoms with van der Waals surface area (Å²) in [5.41, 5.74) is 8.18. The van der Waals surface area contributed by atoms with Crippen LogP contribution in [0.25, 0.3) is 5.70 Å². The van der Waals surface area contributed by atoms with Crippen LogP contribution < -0.4 is 5.73 Å². The predicted molar refractivity (Wildman–Crippen MR) is 95.1 cm³/mol. The zero-order chi connectivity index (χ0) is 16.8. The lowest BCUT2D eigenvalue weighted by atomic mass is 9.81. The van der Waals surface area contributed by atoms with Gasteiger partial charge in [0, 0.05) is 24.0 Å². The fourth-order valence-electron chi connectivity index (χ4n) is 2.61. The van der Waals surface area contributed by atoms with Crippen LogP contribution in [0.3, 0.4) is 0 Å². The normalized spacial score (nSPS) is 22.0. The number of hydrogen-bond acceptors (Lipinski definition) is 4. The van der Waals surface area contributed by atoms with E-state index in [0.717, 1.165) is 18.6 Å². The van der Waals surface area contributed by atoms with Gasteiger partial charge < -0.3 is 5.73 Å². The molecule has 1 aromatic heterocycles. The highest BCUT2D eigenvalue weighted by atomic mass is 19.1. The zero-order valence-electron chi connectivity index (χ0n) is 13.5.